The third-order valence-electron chi connectivity index (χ3n) is 1.97. The Balaban J connectivity index is 2.42. The number of nitrogens with two attached hydrogens (primary N) is 1. The van der Waals surface area contributed by atoms with E-state index in [2.05, 4.69) is 5.32 Å². The predicted octanol–water partition coefficient (Wildman–Crippen LogP) is 0.670. The molecular formula is C11H14F2N2O2. The van der Waals surface area contributed by atoms with Crippen LogP contribution in [0.2, 0.25) is 0 Å². The first kappa shape index (κ1) is 13.5. The monoisotopic (exact) mass is 244 g/mol. The molecule has 0 unspecified atom stereocenters. The molecule has 0 atom stereocenters. The van der Waals surface area contributed by atoms with Crippen LogP contribution in [-0.2, 0) is 4.74 Å². The second-order valence-corrected chi connectivity index (χ2v) is 3.28. The van der Waals surface area contributed by atoms with Crippen molar-refractivity contribution in [2.75, 3.05) is 26.3 Å². The zero-order valence-electron chi connectivity index (χ0n) is 9.21. The summed E-state index contributed by atoms with van der Waals surface area (Å²) in [6, 6.07) is 2.80. The Bertz CT molecular complexity index is 386. The number of benzene rings is 1. The number of hydrogen-bond donors (Lipinski definition) is 2. The van der Waals surface area contributed by atoms with Gasteiger partial charge in [0.15, 0.2) is 0 Å². The zero-order valence-corrected chi connectivity index (χ0v) is 9.21. The highest BCUT2D eigenvalue weighted by Gasteiger charge is 2.11. The number of nitrogens with one attached hydrogen (secondary N) is 1. The molecule has 1 aromatic rings. The molecule has 0 aromatic heterocycles. The summed E-state index contributed by atoms with van der Waals surface area (Å²) < 4.78 is 30.8. The van der Waals surface area contributed by atoms with E-state index >= 15 is 0 Å². The Morgan fingerprint density at radius 3 is 2.76 bits per heavy atom. The summed E-state index contributed by atoms with van der Waals surface area (Å²) in [4.78, 5) is 11.5. The lowest BCUT2D eigenvalue weighted by Gasteiger charge is -2.06. The van der Waals surface area contributed by atoms with Crippen LogP contribution in [0.1, 0.15) is 10.4 Å². The maximum Gasteiger partial charge on any atom is 0.254 e. The molecule has 0 radical (unpaired) electrons. The molecular weight excluding hydrogens is 230 g/mol. The Labute approximate surface area is 97.8 Å². The van der Waals surface area contributed by atoms with Crippen molar-refractivity contribution in [3.63, 3.8) is 0 Å². The lowest BCUT2D eigenvalue weighted by molar-refractivity contribution is 0.0916. The van der Waals surface area contributed by atoms with Crippen LogP contribution in [0.15, 0.2) is 18.2 Å². The van der Waals surface area contributed by atoms with Gasteiger partial charge in [0.05, 0.1) is 18.8 Å². The standard InChI is InChI=1S/C11H14F2N2O2/c12-8-1-2-9(10(13)7-8)11(16)15-4-6-17-5-3-14/h1-2,7H,3-6,14H2,(H,15,16). The maximum absolute atomic E-state index is 13.2. The molecule has 0 aliphatic carbocycles. The van der Waals surface area contributed by atoms with Gasteiger partial charge in [-0.2, -0.15) is 0 Å². The molecule has 0 fully saturated rings. The Morgan fingerprint density at radius 1 is 1.35 bits per heavy atom. The maximum atomic E-state index is 13.2. The van der Waals surface area contributed by atoms with E-state index in [9.17, 15) is 13.6 Å². The minimum atomic E-state index is -0.884. The summed E-state index contributed by atoms with van der Waals surface area (Å²) in [5.74, 6) is -2.20. The summed E-state index contributed by atoms with van der Waals surface area (Å²) in [7, 11) is 0. The molecule has 0 saturated heterocycles. The molecule has 1 rings (SSSR count). The van der Waals surface area contributed by atoms with E-state index in [0.717, 1.165) is 12.1 Å². The van der Waals surface area contributed by atoms with E-state index < -0.39 is 17.5 Å². The fourth-order valence-corrected chi connectivity index (χ4v) is 1.19. The second kappa shape index (κ2) is 6.93. The molecule has 0 spiro atoms. The smallest absolute Gasteiger partial charge is 0.254 e. The van der Waals surface area contributed by atoms with Crippen LogP contribution >= 0.6 is 0 Å². The van der Waals surface area contributed by atoms with Crippen LogP contribution in [0.5, 0.6) is 0 Å². The molecule has 0 aliphatic heterocycles. The Kier molecular flexibility index (Phi) is 5.51. The summed E-state index contributed by atoms with van der Waals surface area (Å²) in [5, 5.41) is 2.45. The third-order valence-corrected chi connectivity index (χ3v) is 1.97. The van der Waals surface area contributed by atoms with Crippen molar-refractivity contribution in [2.45, 2.75) is 0 Å². The van der Waals surface area contributed by atoms with Gasteiger partial charge in [-0.15, -0.1) is 0 Å². The number of amides is 1. The molecule has 94 valence electrons. The summed E-state index contributed by atoms with van der Waals surface area (Å²) in [6.45, 7) is 1.35. The summed E-state index contributed by atoms with van der Waals surface area (Å²) >= 11 is 0. The molecule has 1 aromatic carbocycles. The van der Waals surface area contributed by atoms with Gasteiger partial charge in [0.1, 0.15) is 11.6 Å². The largest absolute Gasteiger partial charge is 0.378 e. The summed E-state index contributed by atoms with van der Waals surface area (Å²) in [5.41, 5.74) is 5.01. The number of carbonyl (C=O) groups excluding carboxylic acids is 1. The van der Waals surface area contributed by atoms with E-state index in [1.807, 2.05) is 0 Å². The minimum absolute atomic E-state index is 0.190. The van der Waals surface area contributed by atoms with Crippen molar-refractivity contribution in [1.82, 2.24) is 5.32 Å². The fourth-order valence-electron chi connectivity index (χ4n) is 1.19. The van der Waals surface area contributed by atoms with Crippen molar-refractivity contribution in [2.24, 2.45) is 5.73 Å². The molecule has 0 bridgehead atoms. The van der Waals surface area contributed by atoms with Crippen molar-refractivity contribution in [3.05, 3.63) is 35.4 Å². The van der Waals surface area contributed by atoms with Gasteiger partial charge in [-0.3, -0.25) is 4.79 Å². The SMILES string of the molecule is NCCOCCNC(=O)c1ccc(F)cc1F. The van der Waals surface area contributed by atoms with Gasteiger partial charge in [0.2, 0.25) is 0 Å². The van der Waals surface area contributed by atoms with Crippen LogP contribution in [-0.4, -0.2) is 32.2 Å². The van der Waals surface area contributed by atoms with Crippen LogP contribution < -0.4 is 11.1 Å². The van der Waals surface area contributed by atoms with E-state index in [4.69, 9.17) is 10.5 Å². The van der Waals surface area contributed by atoms with E-state index in [0.29, 0.717) is 25.8 Å². The lowest BCUT2D eigenvalue weighted by atomic mass is 10.2. The first-order valence-corrected chi connectivity index (χ1v) is 5.16. The van der Waals surface area contributed by atoms with E-state index in [1.165, 1.54) is 0 Å². The first-order valence-electron chi connectivity index (χ1n) is 5.16. The molecule has 6 heteroatoms. The van der Waals surface area contributed by atoms with Crippen molar-refractivity contribution >= 4 is 5.91 Å². The number of ether oxygens (including phenoxy) is 1. The molecule has 0 aliphatic rings. The lowest BCUT2D eigenvalue weighted by Crippen LogP contribution is -2.28. The molecule has 3 N–H and O–H groups in total. The fraction of sp³-hybridized carbons (Fsp3) is 0.364. The normalized spacial score (nSPS) is 10.3. The highest BCUT2D eigenvalue weighted by atomic mass is 19.1. The van der Waals surface area contributed by atoms with Crippen molar-refractivity contribution in [3.8, 4) is 0 Å². The zero-order chi connectivity index (χ0) is 12.7. The number of halogens is 2. The van der Waals surface area contributed by atoms with Gasteiger partial charge in [0, 0.05) is 19.2 Å². The highest BCUT2D eigenvalue weighted by Crippen LogP contribution is 2.08. The van der Waals surface area contributed by atoms with Gasteiger partial charge >= 0.3 is 0 Å². The summed E-state index contributed by atoms with van der Waals surface area (Å²) in [6.07, 6.45) is 0. The first-order chi connectivity index (χ1) is 8.15. The third kappa shape index (κ3) is 4.46. The van der Waals surface area contributed by atoms with E-state index in [-0.39, 0.29) is 12.1 Å². The Hall–Kier alpha value is -1.53. The number of hydrogen-bond acceptors (Lipinski definition) is 3. The van der Waals surface area contributed by atoms with Gasteiger partial charge < -0.3 is 15.8 Å². The molecule has 4 nitrogen and oxygen atoms in total. The molecule has 17 heavy (non-hydrogen) atoms. The van der Waals surface area contributed by atoms with Crippen LogP contribution in [0.4, 0.5) is 8.78 Å². The van der Waals surface area contributed by atoms with Crippen molar-refractivity contribution in [1.29, 1.82) is 0 Å². The Morgan fingerprint density at radius 2 is 2.12 bits per heavy atom. The molecule has 0 heterocycles. The minimum Gasteiger partial charge on any atom is -0.378 e. The van der Waals surface area contributed by atoms with Gasteiger partial charge in [-0.25, -0.2) is 8.78 Å². The van der Waals surface area contributed by atoms with Gasteiger partial charge in [0.25, 0.3) is 5.91 Å². The van der Waals surface area contributed by atoms with Crippen LogP contribution in [0.25, 0.3) is 0 Å². The predicted molar refractivity (Wildman–Crippen MR) is 58.6 cm³/mol. The van der Waals surface area contributed by atoms with Crippen LogP contribution in [0.3, 0.4) is 0 Å². The average molecular weight is 244 g/mol. The highest BCUT2D eigenvalue weighted by molar-refractivity contribution is 5.94. The van der Waals surface area contributed by atoms with Gasteiger partial charge in [-0.05, 0) is 12.1 Å². The van der Waals surface area contributed by atoms with Crippen molar-refractivity contribution < 1.29 is 18.3 Å². The average Bonchev–Trinajstić information content (AvgIpc) is 2.28. The second-order valence-electron chi connectivity index (χ2n) is 3.28. The van der Waals surface area contributed by atoms with E-state index in [1.54, 1.807) is 0 Å². The number of carbonyl (C=O) groups is 1. The molecule has 0 saturated carbocycles. The topological polar surface area (TPSA) is 64.3 Å². The van der Waals surface area contributed by atoms with Crippen LogP contribution in [0, 0.1) is 11.6 Å². The number of rotatable bonds is 6. The quantitative estimate of drug-likeness (QED) is 0.723. The molecule has 1 amide bonds. The van der Waals surface area contributed by atoms with Gasteiger partial charge in [-0.1, -0.05) is 0 Å².